The van der Waals surface area contributed by atoms with Gasteiger partial charge in [-0.1, -0.05) is 56.3 Å². The number of hydrogen-bond acceptors (Lipinski definition) is 10. The van der Waals surface area contributed by atoms with Crippen LogP contribution in [0.15, 0.2) is 119 Å². The van der Waals surface area contributed by atoms with Crippen LogP contribution < -0.4 is 28.4 Å². The van der Waals surface area contributed by atoms with Crippen LogP contribution >= 0.6 is 0 Å². The second-order valence-corrected chi connectivity index (χ2v) is 18.4. The minimum Gasteiger partial charge on any atom is -0.494 e. The zero-order valence-corrected chi connectivity index (χ0v) is 39.6. The molecule has 0 saturated carbocycles. The van der Waals surface area contributed by atoms with Crippen molar-refractivity contribution in [1.29, 1.82) is 0 Å². The molecular formula is C52H65N3O8S. The summed E-state index contributed by atoms with van der Waals surface area (Å²) in [7, 11) is 6.81. The summed E-state index contributed by atoms with van der Waals surface area (Å²) in [6.07, 6.45) is 3.29. The normalized spacial score (nSPS) is 11.7. The minimum absolute atomic E-state index is 0.0816. The summed E-state index contributed by atoms with van der Waals surface area (Å²) < 4.78 is 66.0. The van der Waals surface area contributed by atoms with Crippen LogP contribution in [0.25, 0.3) is 10.9 Å². The third kappa shape index (κ3) is 12.1. The number of aromatic nitrogens is 1. The summed E-state index contributed by atoms with van der Waals surface area (Å²) >= 11 is 0. The fraction of sp³-hybridized carbons (Fsp3) is 0.385. The Bertz CT molecular complexity index is 2520. The van der Waals surface area contributed by atoms with E-state index in [-0.39, 0.29) is 10.8 Å². The average molecular weight is 892 g/mol. The monoisotopic (exact) mass is 891 g/mol. The van der Waals surface area contributed by atoms with Gasteiger partial charge in [0.05, 0.1) is 39.9 Å². The SMILES string of the molecule is COc1ccc(CCN(C)CCCOc2ccc(S(=O)(=O)c3c(C(C)C)c4cc(OCc5ccccc5)ccc4n3CCCN(C)CCc3ccc(OC)c(OC)c3)cc2)cc1OC. The minimum atomic E-state index is -3.97. The van der Waals surface area contributed by atoms with Crippen LogP contribution in [-0.4, -0.2) is 98.1 Å². The van der Waals surface area contributed by atoms with Crippen molar-refractivity contribution in [1.82, 2.24) is 14.4 Å². The summed E-state index contributed by atoms with van der Waals surface area (Å²) in [5.41, 5.74) is 5.06. The summed E-state index contributed by atoms with van der Waals surface area (Å²) in [4.78, 5) is 4.79. The van der Waals surface area contributed by atoms with Crippen molar-refractivity contribution in [2.24, 2.45) is 0 Å². The molecular weight excluding hydrogens is 827 g/mol. The van der Waals surface area contributed by atoms with Crippen LogP contribution in [0.1, 0.15) is 54.9 Å². The summed E-state index contributed by atoms with van der Waals surface area (Å²) in [6.45, 7) is 8.91. The molecule has 0 unspecified atom stereocenters. The number of hydrogen-bond donors (Lipinski definition) is 0. The van der Waals surface area contributed by atoms with E-state index in [0.29, 0.717) is 47.8 Å². The number of ether oxygens (including phenoxy) is 6. The number of nitrogens with zero attached hydrogens (tertiary/aromatic N) is 3. The van der Waals surface area contributed by atoms with Crippen molar-refractivity contribution in [2.45, 2.75) is 68.5 Å². The molecule has 0 N–H and O–H groups in total. The van der Waals surface area contributed by atoms with Gasteiger partial charge in [-0.2, -0.15) is 0 Å². The Morgan fingerprint density at radius 2 is 1.14 bits per heavy atom. The molecule has 0 bridgehead atoms. The Morgan fingerprint density at radius 3 is 1.70 bits per heavy atom. The van der Waals surface area contributed by atoms with Gasteiger partial charge in [0.25, 0.3) is 0 Å². The molecule has 0 radical (unpaired) electrons. The molecule has 0 aliphatic rings. The van der Waals surface area contributed by atoms with Crippen LogP contribution in [0, 0.1) is 0 Å². The van der Waals surface area contributed by atoms with Crippen LogP contribution in [0.5, 0.6) is 34.5 Å². The van der Waals surface area contributed by atoms with Gasteiger partial charge in [0.15, 0.2) is 23.0 Å². The first-order valence-electron chi connectivity index (χ1n) is 22.0. The zero-order chi connectivity index (χ0) is 45.6. The molecule has 64 heavy (non-hydrogen) atoms. The highest BCUT2D eigenvalue weighted by atomic mass is 32.2. The molecule has 1 aromatic heterocycles. The Kier molecular flexibility index (Phi) is 17.0. The topological polar surface area (TPSA) is 101 Å². The third-order valence-corrected chi connectivity index (χ3v) is 13.4. The van der Waals surface area contributed by atoms with E-state index in [1.807, 2.05) is 77.4 Å². The molecule has 0 amide bonds. The molecule has 6 aromatic rings. The predicted octanol–water partition coefficient (Wildman–Crippen LogP) is 9.72. The van der Waals surface area contributed by atoms with Crippen LogP contribution in [0.3, 0.4) is 0 Å². The van der Waals surface area contributed by atoms with Gasteiger partial charge in [0.2, 0.25) is 9.84 Å². The third-order valence-electron chi connectivity index (χ3n) is 11.6. The van der Waals surface area contributed by atoms with Gasteiger partial charge >= 0.3 is 0 Å². The number of methoxy groups -OCH3 is 4. The Labute approximate surface area is 380 Å². The standard InChI is InChI=1S/C52H65N3O8S/c1-38(2)51-45-36-43(63-37-41-14-10-9-11-15-41)20-23-46(45)55(30-12-28-53(3)31-26-39-16-24-47(58-5)49(34-39)60-7)52(51)64(56,57)44-21-18-42(19-22-44)62-33-13-29-54(4)32-27-40-17-25-48(59-6)50(35-40)61-8/h9-11,14-25,34-36,38H,12-13,26-33,37H2,1-8H3. The van der Waals surface area contributed by atoms with Gasteiger partial charge in [0, 0.05) is 37.1 Å². The van der Waals surface area contributed by atoms with Crippen LogP contribution in [0.2, 0.25) is 0 Å². The van der Waals surface area contributed by atoms with Gasteiger partial charge in [-0.25, -0.2) is 8.42 Å². The largest absolute Gasteiger partial charge is 0.494 e. The maximum absolute atomic E-state index is 14.9. The summed E-state index contributed by atoms with van der Waals surface area (Å²) in [5.74, 6) is 4.12. The molecule has 0 aliphatic heterocycles. The molecule has 342 valence electrons. The lowest BCUT2D eigenvalue weighted by Crippen LogP contribution is -2.24. The molecule has 0 atom stereocenters. The highest BCUT2D eigenvalue weighted by molar-refractivity contribution is 7.91. The second-order valence-electron chi connectivity index (χ2n) is 16.5. The van der Waals surface area contributed by atoms with Gasteiger partial charge in [-0.15, -0.1) is 0 Å². The molecule has 6 rings (SSSR count). The molecule has 1 heterocycles. The predicted molar refractivity (Wildman–Crippen MR) is 255 cm³/mol. The van der Waals surface area contributed by atoms with Crippen LogP contribution in [-0.2, 0) is 35.8 Å². The zero-order valence-electron chi connectivity index (χ0n) is 38.8. The van der Waals surface area contributed by atoms with E-state index in [1.165, 1.54) is 5.56 Å². The van der Waals surface area contributed by atoms with Crippen LogP contribution in [0.4, 0.5) is 0 Å². The molecule has 0 spiro atoms. The Morgan fingerprint density at radius 1 is 0.578 bits per heavy atom. The molecule has 5 aromatic carbocycles. The van der Waals surface area contributed by atoms with E-state index in [2.05, 4.69) is 49.9 Å². The Balaban J connectivity index is 1.15. The molecule has 0 saturated heterocycles. The van der Waals surface area contributed by atoms with E-state index < -0.39 is 9.84 Å². The molecule has 0 aliphatic carbocycles. The fourth-order valence-electron chi connectivity index (χ4n) is 8.02. The first-order valence-corrected chi connectivity index (χ1v) is 23.5. The number of fused-ring (bicyclic) bond motifs is 1. The Hall–Kier alpha value is -5.69. The van der Waals surface area contributed by atoms with E-state index in [1.54, 1.807) is 52.7 Å². The first kappa shape index (κ1) is 47.8. The van der Waals surface area contributed by atoms with Crippen molar-refractivity contribution in [2.75, 3.05) is 75.3 Å². The first-order chi connectivity index (χ1) is 30.9. The summed E-state index contributed by atoms with van der Waals surface area (Å²) in [6, 6.07) is 34.9. The lowest BCUT2D eigenvalue weighted by Gasteiger charge is -2.19. The number of likely N-dealkylation sites (N-methyl/N-ethyl adjacent to an activating group) is 2. The fourth-order valence-corrected chi connectivity index (χ4v) is 9.85. The number of benzene rings is 5. The van der Waals surface area contributed by atoms with Crippen molar-refractivity contribution in [3.05, 3.63) is 131 Å². The van der Waals surface area contributed by atoms with Crippen molar-refractivity contribution < 1.29 is 36.8 Å². The summed E-state index contributed by atoms with van der Waals surface area (Å²) in [5, 5.41) is 1.21. The number of sulfone groups is 1. The number of rotatable bonds is 25. The maximum Gasteiger partial charge on any atom is 0.222 e. The average Bonchev–Trinajstić information content (AvgIpc) is 3.65. The van der Waals surface area contributed by atoms with Gasteiger partial charge in [-0.05, 0) is 141 Å². The lowest BCUT2D eigenvalue weighted by molar-refractivity contribution is 0.264. The van der Waals surface area contributed by atoms with E-state index in [9.17, 15) is 8.42 Å². The van der Waals surface area contributed by atoms with Gasteiger partial charge in [-0.3, -0.25) is 0 Å². The smallest absolute Gasteiger partial charge is 0.222 e. The highest BCUT2D eigenvalue weighted by Gasteiger charge is 2.31. The van der Waals surface area contributed by atoms with Crippen molar-refractivity contribution >= 4 is 20.7 Å². The molecule has 11 nitrogen and oxygen atoms in total. The maximum atomic E-state index is 14.9. The molecule has 0 fully saturated rings. The lowest BCUT2D eigenvalue weighted by atomic mass is 10.0. The van der Waals surface area contributed by atoms with Gasteiger partial charge < -0.3 is 42.8 Å². The number of aryl methyl sites for hydroxylation is 1. The second kappa shape index (κ2) is 22.8. The van der Waals surface area contributed by atoms with E-state index in [0.717, 1.165) is 91.0 Å². The van der Waals surface area contributed by atoms with E-state index in [4.69, 9.17) is 28.4 Å². The van der Waals surface area contributed by atoms with E-state index >= 15 is 0 Å². The highest BCUT2D eigenvalue weighted by Crippen LogP contribution is 2.40. The van der Waals surface area contributed by atoms with Crippen molar-refractivity contribution in [3.8, 4) is 34.5 Å². The quantitative estimate of drug-likeness (QED) is 0.0517. The van der Waals surface area contributed by atoms with Gasteiger partial charge in [0.1, 0.15) is 23.1 Å². The van der Waals surface area contributed by atoms with Crippen molar-refractivity contribution in [3.63, 3.8) is 0 Å². The molecule has 12 heteroatoms.